The van der Waals surface area contributed by atoms with Crippen molar-refractivity contribution in [3.63, 3.8) is 0 Å². The van der Waals surface area contributed by atoms with E-state index in [-0.39, 0.29) is 11.8 Å². The number of aliphatic hydroxyl groups is 1. The number of hydrogen-bond donors (Lipinski definition) is 3. The van der Waals surface area contributed by atoms with Crippen LogP contribution in [0.3, 0.4) is 0 Å². The number of aromatic nitrogens is 3. The second-order valence-electron chi connectivity index (χ2n) is 6.56. The quantitative estimate of drug-likeness (QED) is 0.650. The number of phenolic OH excluding ortho intramolecular Hbond substituents is 1. The molecule has 2 heterocycles. The molecule has 3 N–H and O–H groups in total. The number of rotatable bonds is 3. The van der Waals surface area contributed by atoms with Gasteiger partial charge >= 0.3 is 0 Å². The van der Waals surface area contributed by atoms with Crippen molar-refractivity contribution in [1.82, 2.24) is 15.2 Å². The molecule has 134 valence electrons. The van der Waals surface area contributed by atoms with Gasteiger partial charge in [-0.3, -0.25) is 4.98 Å². The Balaban J connectivity index is 1.78. The average Bonchev–Trinajstić information content (AvgIpc) is 2.64. The number of aliphatic hydroxyl groups excluding tert-OH is 1. The van der Waals surface area contributed by atoms with E-state index in [1.807, 2.05) is 12.1 Å². The number of nitrogens with one attached hydrogen (secondary N) is 1. The van der Waals surface area contributed by atoms with Gasteiger partial charge in [-0.1, -0.05) is 24.4 Å². The van der Waals surface area contributed by atoms with Gasteiger partial charge in [0.05, 0.1) is 12.1 Å². The van der Waals surface area contributed by atoms with Crippen molar-refractivity contribution in [2.45, 2.75) is 37.8 Å². The van der Waals surface area contributed by atoms with Crippen LogP contribution in [0.2, 0.25) is 5.02 Å². The molecule has 2 unspecified atom stereocenters. The highest BCUT2D eigenvalue weighted by Gasteiger charge is 2.24. The third-order valence-corrected chi connectivity index (χ3v) is 5.04. The smallest absolute Gasteiger partial charge is 0.175 e. The number of aromatic hydroxyl groups is 1. The van der Waals surface area contributed by atoms with Gasteiger partial charge in [0, 0.05) is 22.2 Å². The summed E-state index contributed by atoms with van der Waals surface area (Å²) in [6, 6.07) is 8.54. The molecule has 7 heteroatoms. The summed E-state index contributed by atoms with van der Waals surface area (Å²) in [7, 11) is 0. The maximum atomic E-state index is 10.2. The van der Waals surface area contributed by atoms with Crippen LogP contribution in [-0.2, 0) is 0 Å². The predicted octanol–water partition coefficient (Wildman–Crippen LogP) is 3.77. The second kappa shape index (κ2) is 7.05. The Kier molecular flexibility index (Phi) is 4.61. The summed E-state index contributed by atoms with van der Waals surface area (Å²) < 4.78 is 0. The fourth-order valence-corrected chi connectivity index (χ4v) is 3.61. The molecule has 0 saturated heterocycles. The topological polar surface area (TPSA) is 91.2 Å². The van der Waals surface area contributed by atoms with Crippen LogP contribution >= 0.6 is 11.6 Å². The van der Waals surface area contributed by atoms with Crippen molar-refractivity contribution in [1.29, 1.82) is 0 Å². The molecule has 1 fully saturated rings. The third kappa shape index (κ3) is 3.18. The van der Waals surface area contributed by atoms with E-state index in [4.69, 9.17) is 11.6 Å². The van der Waals surface area contributed by atoms with Gasteiger partial charge in [0.25, 0.3) is 0 Å². The molecule has 26 heavy (non-hydrogen) atoms. The molecule has 1 aromatic carbocycles. The standard InChI is InChI=1S/C19H19ClN4O2/c20-11-7-8-12(16(26)10-11)17-13-4-3-9-21-18(13)19(24-23-17)22-14-5-1-2-6-15(14)25/h3-4,7-10,14-15,25-26H,1-2,5-6H2,(H,22,24). The Hall–Kier alpha value is -2.44. The zero-order valence-corrected chi connectivity index (χ0v) is 14.8. The Morgan fingerprint density at radius 2 is 1.96 bits per heavy atom. The SMILES string of the molecule is Oc1cc(Cl)ccc1-c1nnc(NC2CCCCC2O)c2ncccc12. The lowest BCUT2D eigenvalue weighted by atomic mass is 9.92. The number of nitrogens with zero attached hydrogens (tertiary/aromatic N) is 3. The lowest BCUT2D eigenvalue weighted by Crippen LogP contribution is -2.36. The van der Waals surface area contributed by atoms with Crippen LogP contribution in [0.1, 0.15) is 25.7 Å². The van der Waals surface area contributed by atoms with E-state index in [1.165, 1.54) is 6.07 Å². The molecule has 1 aliphatic rings. The summed E-state index contributed by atoms with van der Waals surface area (Å²) in [5.74, 6) is 0.587. The largest absolute Gasteiger partial charge is 0.507 e. The van der Waals surface area contributed by atoms with Crippen LogP contribution in [0.4, 0.5) is 5.82 Å². The molecule has 0 amide bonds. The summed E-state index contributed by atoms with van der Waals surface area (Å²) in [4.78, 5) is 4.45. The van der Waals surface area contributed by atoms with Gasteiger partial charge in [-0.05, 0) is 43.2 Å². The molecule has 0 bridgehead atoms. The molecular formula is C19H19ClN4O2. The van der Waals surface area contributed by atoms with Gasteiger partial charge < -0.3 is 15.5 Å². The summed E-state index contributed by atoms with van der Waals surface area (Å²) in [6.07, 6.45) is 5.08. The predicted molar refractivity (Wildman–Crippen MR) is 101 cm³/mol. The molecular weight excluding hydrogens is 352 g/mol. The number of benzene rings is 1. The van der Waals surface area contributed by atoms with Gasteiger partial charge in [-0.25, -0.2) is 0 Å². The Morgan fingerprint density at radius 1 is 1.12 bits per heavy atom. The van der Waals surface area contributed by atoms with E-state index < -0.39 is 6.10 Å². The van der Waals surface area contributed by atoms with E-state index >= 15 is 0 Å². The van der Waals surface area contributed by atoms with Crippen LogP contribution in [0, 0.1) is 0 Å². The Labute approximate surface area is 155 Å². The first kappa shape index (κ1) is 17.0. The van der Waals surface area contributed by atoms with Crippen molar-refractivity contribution >= 4 is 28.3 Å². The van der Waals surface area contributed by atoms with E-state index in [9.17, 15) is 10.2 Å². The van der Waals surface area contributed by atoms with Crippen molar-refractivity contribution in [3.05, 3.63) is 41.6 Å². The first-order valence-electron chi connectivity index (χ1n) is 8.68. The molecule has 0 aliphatic heterocycles. The highest BCUT2D eigenvalue weighted by atomic mass is 35.5. The van der Waals surface area contributed by atoms with Gasteiger partial charge in [0.1, 0.15) is 17.0 Å². The zero-order chi connectivity index (χ0) is 18.1. The summed E-state index contributed by atoms with van der Waals surface area (Å²) >= 11 is 5.93. The Morgan fingerprint density at radius 3 is 2.77 bits per heavy atom. The highest BCUT2D eigenvalue weighted by molar-refractivity contribution is 6.30. The zero-order valence-electron chi connectivity index (χ0n) is 14.1. The maximum absolute atomic E-state index is 10.2. The monoisotopic (exact) mass is 370 g/mol. The van der Waals surface area contributed by atoms with Gasteiger partial charge in [0.2, 0.25) is 0 Å². The second-order valence-corrected chi connectivity index (χ2v) is 7.00. The normalized spacial score (nSPS) is 20.2. The van der Waals surface area contributed by atoms with Crippen LogP contribution in [0.15, 0.2) is 36.5 Å². The van der Waals surface area contributed by atoms with Crippen LogP contribution in [0.25, 0.3) is 22.2 Å². The van der Waals surface area contributed by atoms with Gasteiger partial charge in [-0.2, -0.15) is 0 Å². The summed E-state index contributed by atoms with van der Waals surface area (Å²) in [5.41, 5.74) is 1.74. The fraction of sp³-hybridized carbons (Fsp3) is 0.316. The van der Waals surface area contributed by atoms with Crippen molar-refractivity contribution < 1.29 is 10.2 Å². The summed E-state index contributed by atoms with van der Waals surface area (Å²) in [6.45, 7) is 0. The van der Waals surface area contributed by atoms with E-state index in [0.29, 0.717) is 27.6 Å². The van der Waals surface area contributed by atoms with Gasteiger partial charge in [-0.15, -0.1) is 10.2 Å². The number of halogens is 1. The van der Waals surface area contributed by atoms with Crippen molar-refractivity contribution in [3.8, 4) is 17.0 Å². The molecule has 2 aromatic heterocycles. The molecule has 6 nitrogen and oxygen atoms in total. The van der Waals surface area contributed by atoms with Crippen LogP contribution in [0.5, 0.6) is 5.75 Å². The third-order valence-electron chi connectivity index (χ3n) is 4.80. The highest BCUT2D eigenvalue weighted by Crippen LogP contribution is 2.35. The number of pyridine rings is 1. The maximum Gasteiger partial charge on any atom is 0.175 e. The molecule has 4 rings (SSSR count). The van der Waals surface area contributed by atoms with E-state index in [0.717, 1.165) is 31.1 Å². The number of anilines is 1. The van der Waals surface area contributed by atoms with Crippen molar-refractivity contribution in [2.75, 3.05) is 5.32 Å². The minimum Gasteiger partial charge on any atom is -0.507 e. The first-order chi connectivity index (χ1) is 12.6. The van der Waals surface area contributed by atoms with E-state index in [1.54, 1.807) is 18.3 Å². The van der Waals surface area contributed by atoms with Crippen molar-refractivity contribution in [2.24, 2.45) is 0 Å². The lowest BCUT2D eigenvalue weighted by Gasteiger charge is -2.28. The molecule has 2 atom stereocenters. The summed E-state index contributed by atoms with van der Waals surface area (Å²) in [5, 5.41) is 33.6. The number of hydrogen-bond acceptors (Lipinski definition) is 6. The fourth-order valence-electron chi connectivity index (χ4n) is 3.44. The molecule has 0 radical (unpaired) electrons. The average molecular weight is 371 g/mol. The van der Waals surface area contributed by atoms with Gasteiger partial charge in [0.15, 0.2) is 5.82 Å². The number of phenols is 1. The molecule has 3 aromatic rings. The van der Waals surface area contributed by atoms with Crippen LogP contribution < -0.4 is 5.32 Å². The molecule has 1 aliphatic carbocycles. The molecule has 1 saturated carbocycles. The minimum absolute atomic E-state index is 0.0420. The number of fused-ring (bicyclic) bond motifs is 1. The van der Waals surface area contributed by atoms with Crippen LogP contribution in [-0.4, -0.2) is 37.5 Å². The van der Waals surface area contributed by atoms with E-state index in [2.05, 4.69) is 20.5 Å². The molecule has 0 spiro atoms. The first-order valence-corrected chi connectivity index (χ1v) is 9.06. The lowest BCUT2D eigenvalue weighted by molar-refractivity contribution is 0.116. The Bertz CT molecular complexity index is 950. The minimum atomic E-state index is -0.399.